The Morgan fingerprint density at radius 1 is 1.31 bits per heavy atom. The van der Waals surface area contributed by atoms with Gasteiger partial charge in [0.1, 0.15) is 0 Å². The van der Waals surface area contributed by atoms with Gasteiger partial charge in [-0.2, -0.15) is 0 Å². The number of hydrogen-bond donors (Lipinski definition) is 1. The molecule has 3 heteroatoms. The minimum Gasteiger partial charge on any atom is -0.303 e. The van der Waals surface area contributed by atoms with Crippen LogP contribution in [0.3, 0.4) is 0 Å². The van der Waals surface area contributed by atoms with Gasteiger partial charge in [-0.15, -0.1) is 6.42 Å². The molecule has 0 saturated heterocycles. The third-order valence-corrected chi connectivity index (χ3v) is 2.59. The summed E-state index contributed by atoms with van der Waals surface area (Å²) in [5.41, 5.74) is 1.08. The van der Waals surface area contributed by atoms with Crippen molar-refractivity contribution in [3.8, 4) is 12.3 Å². The fourth-order valence-corrected chi connectivity index (χ4v) is 2.42. The SMILES string of the molecule is C#CC(NC)c1cc(Br)cc(Br)c1. The lowest BCUT2D eigenvalue weighted by molar-refractivity contribution is 0.736. The first-order chi connectivity index (χ1) is 6.17. The molecule has 1 aromatic rings. The fourth-order valence-electron chi connectivity index (χ4n) is 1.09. The molecular weight excluding hydrogens is 294 g/mol. The van der Waals surface area contributed by atoms with Gasteiger partial charge in [0.25, 0.3) is 0 Å². The zero-order valence-corrected chi connectivity index (χ0v) is 10.3. The van der Waals surface area contributed by atoms with Crippen LogP contribution in [0.2, 0.25) is 0 Å². The van der Waals surface area contributed by atoms with E-state index in [2.05, 4.69) is 43.1 Å². The molecule has 1 rings (SSSR count). The van der Waals surface area contributed by atoms with Gasteiger partial charge in [0.15, 0.2) is 0 Å². The standard InChI is InChI=1S/C10H9Br2N/c1-3-10(13-2)7-4-8(11)6-9(12)5-7/h1,4-6,10,13H,2H3. The van der Waals surface area contributed by atoms with Crippen molar-refractivity contribution in [3.63, 3.8) is 0 Å². The summed E-state index contributed by atoms with van der Waals surface area (Å²) in [7, 11) is 1.85. The summed E-state index contributed by atoms with van der Waals surface area (Å²) in [5, 5.41) is 3.04. The van der Waals surface area contributed by atoms with Crippen LogP contribution in [0.5, 0.6) is 0 Å². The van der Waals surface area contributed by atoms with Crippen molar-refractivity contribution in [2.45, 2.75) is 6.04 Å². The highest BCUT2D eigenvalue weighted by atomic mass is 79.9. The van der Waals surface area contributed by atoms with Crippen molar-refractivity contribution < 1.29 is 0 Å². The molecule has 1 aromatic carbocycles. The molecule has 0 saturated carbocycles. The molecule has 0 amide bonds. The van der Waals surface area contributed by atoms with Crippen molar-refractivity contribution in [2.75, 3.05) is 7.05 Å². The van der Waals surface area contributed by atoms with Gasteiger partial charge >= 0.3 is 0 Å². The third kappa shape index (κ3) is 2.84. The number of benzene rings is 1. The maximum Gasteiger partial charge on any atom is 0.0941 e. The number of halogens is 2. The van der Waals surface area contributed by atoms with E-state index in [4.69, 9.17) is 6.42 Å². The lowest BCUT2D eigenvalue weighted by atomic mass is 10.1. The van der Waals surface area contributed by atoms with E-state index in [1.807, 2.05) is 25.2 Å². The molecule has 0 radical (unpaired) electrons. The zero-order chi connectivity index (χ0) is 9.84. The highest BCUT2D eigenvalue weighted by molar-refractivity contribution is 9.11. The van der Waals surface area contributed by atoms with E-state index < -0.39 is 0 Å². The maximum absolute atomic E-state index is 5.37. The lowest BCUT2D eigenvalue weighted by Crippen LogP contribution is -2.13. The van der Waals surface area contributed by atoms with E-state index >= 15 is 0 Å². The predicted molar refractivity (Wildman–Crippen MR) is 62.5 cm³/mol. The van der Waals surface area contributed by atoms with Crippen LogP contribution in [-0.2, 0) is 0 Å². The molecule has 1 N–H and O–H groups in total. The van der Waals surface area contributed by atoms with E-state index in [9.17, 15) is 0 Å². The second-order valence-electron chi connectivity index (χ2n) is 2.59. The first-order valence-electron chi connectivity index (χ1n) is 3.76. The van der Waals surface area contributed by atoms with E-state index in [0.29, 0.717) is 0 Å². The van der Waals surface area contributed by atoms with Crippen LogP contribution in [0.1, 0.15) is 11.6 Å². The van der Waals surface area contributed by atoms with Crippen molar-refractivity contribution in [2.24, 2.45) is 0 Å². The Morgan fingerprint density at radius 3 is 2.23 bits per heavy atom. The fraction of sp³-hybridized carbons (Fsp3) is 0.200. The minimum absolute atomic E-state index is 0.0335. The van der Waals surface area contributed by atoms with Crippen molar-refractivity contribution in [1.82, 2.24) is 5.32 Å². The molecule has 1 atom stereocenters. The van der Waals surface area contributed by atoms with Gasteiger partial charge in [-0.1, -0.05) is 37.8 Å². The Hall–Kier alpha value is -0.300. The molecule has 0 fully saturated rings. The zero-order valence-electron chi connectivity index (χ0n) is 7.14. The summed E-state index contributed by atoms with van der Waals surface area (Å²) in [6.45, 7) is 0. The second kappa shape index (κ2) is 4.80. The number of rotatable bonds is 2. The minimum atomic E-state index is -0.0335. The van der Waals surface area contributed by atoms with Crippen LogP contribution in [0.15, 0.2) is 27.1 Å². The quantitative estimate of drug-likeness (QED) is 0.828. The van der Waals surface area contributed by atoms with Crippen LogP contribution in [0, 0.1) is 12.3 Å². The molecule has 68 valence electrons. The molecule has 1 unspecified atom stereocenters. The summed E-state index contributed by atoms with van der Waals surface area (Å²) in [6.07, 6.45) is 5.37. The highest BCUT2D eigenvalue weighted by Gasteiger charge is 2.06. The molecule has 13 heavy (non-hydrogen) atoms. The average Bonchev–Trinajstić information content (AvgIpc) is 2.04. The van der Waals surface area contributed by atoms with E-state index in [1.54, 1.807) is 0 Å². The van der Waals surface area contributed by atoms with E-state index in [1.165, 1.54) is 0 Å². The van der Waals surface area contributed by atoms with Crippen LogP contribution in [0.4, 0.5) is 0 Å². The van der Waals surface area contributed by atoms with Gasteiger partial charge in [0.05, 0.1) is 6.04 Å². The molecule has 1 nitrogen and oxygen atoms in total. The summed E-state index contributed by atoms with van der Waals surface area (Å²) >= 11 is 6.83. The van der Waals surface area contributed by atoms with Crippen LogP contribution >= 0.6 is 31.9 Å². The summed E-state index contributed by atoms with van der Waals surface area (Å²) < 4.78 is 2.04. The number of terminal acetylenes is 1. The normalized spacial score (nSPS) is 12.2. The Kier molecular flexibility index (Phi) is 3.98. The average molecular weight is 303 g/mol. The topological polar surface area (TPSA) is 12.0 Å². The van der Waals surface area contributed by atoms with Crippen molar-refractivity contribution in [1.29, 1.82) is 0 Å². The van der Waals surface area contributed by atoms with Crippen LogP contribution in [-0.4, -0.2) is 7.05 Å². The van der Waals surface area contributed by atoms with Gasteiger partial charge in [-0.3, -0.25) is 0 Å². The molecule has 0 heterocycles. The largest absolute Gasteiger partial charge is 0.303 e. The lowest BCUT2D eigenvalue weighted by Gasteiger charge is -2.10. The summed E-state index contributed by atoms with van der Waals surface area (Å²) in [5.74, 6) is 2.67. The van der Waals surface area contributed by atoms with Gasteiger partial charge < -0.3 is 5.32 Å². The molecule has 0 bridgehead atoms. The van der Waals surface area contributed by atoms with Gasteiger partial charge in [0.2, 0.25) is 0 Å². The molecule has 0 aliphatic carbocycles. The smallest absolute Gasteiger partial charge is 0.0941 e. The molecule has 0 aliphatic rings. The maximum atomic E-state index is 5.37. The number of hydrogen-bond acceptors (Lipinski definition) is 1. The van der Waals surface area contributed by atoms with E-state index in [-0.39, 0.29) is 6.04 Å². The summed E-state index contributed by atoms with van der Waals surface area (Å²) in [4.78, 5) is 0. The molecule has 0 aliphatic heterocycles. The van der Waals surface area contributed by atoms with E-state index in [0.717, 1.165) is 14.5 Å². The first-order valence-corrected chi connectivity index (χ1v) is 5.35. The van der Waals surface area contributed by atoms with Gasteiger partial charge in [-0.25, -0.2) is 0 Å². The second-order valence-corrected chi connectivity index (χ2v) is 4.42. The highest BCUT2D eigenvalue weighted by Crippen LogP contribution is 2.23. The Bertz CT molecular complexity index is 321. The van der Waals surface area contributed by atoms with Crippen LogP contribution < -0.4 is 5.32 Å². The molecule has 0 spiro atoms. The van der Waals surface area contributed by atoms with Gasteiger partial charge in [0, 0.05) is 8.95 Å². The Labute approximate surface area is 95.2 Å². The predicted octanol–water partition coefficient (Wildman–Crippen LogP) is 3.11. The van der Waals surface area contributed by atoms with Crippen molar-refractivity contribution >= 4 is 31.9 Å². The Balaban J connectivity index is 3.08. The van der Waals surface area contributed by atoms with Crippen molar-refractivity contribution in [3.05, 3.63) is 32.7 Å². The van der Waals surface area contributed by atoms with Crippen LogP contribution in [0.25, 0.3) is 0 Å². The Morgan fingerprint density at radius 2 is 1.85 bits per heavy atom. The molecule has 0 aromatic heterocycles. The summed E-state index contributed by atoms with van der Waals surface area (Å²) in [6, 6.07) is 5.96. The number of nitrogens with one attached hydrogen (secondary N) is 1. The molecular formula is C10H9Br2N. The monoisotopic (exact) mass is 301 g/mol. The third-order valence-electron chi connectivity index (χ3n) is 1.67. The van der Waals surface area contributed by atoms with Gasteiger partial charge in [-0.05, 0) is 30.8 Å². The first kappa shape index (κ1) is 10.8.